The maximum atomic E-state index is 13.4. The Hall–Kier alpha value is -1.79. The Morgan fingerprint density at radius 2 is 2.25 bits per heavy atom. The number of ether oxygens (including phenoxy) is 1. The third-order valence-electron chi connectivity index (χ3n) is 1.78. The van der Waals surface area contributed by atoms with Crippen molar-refractivity contribution in [2.24, 2.45) is 0 Å². The van der Waals surface area contributed by atoms with Gasteiger partial charge in [-0.2, -0.15) is 0 Å². The van der Waals surface area contributed by atoms with Crippen LogP contribution in [0.1, 0.15) is 29.4 Å². The fourth-order valence-electron chi connectivity index (χ4n) is 1.08. The molecule has 0 amide bonds. The molecule has 2 N–H and O–H groups in total. The van der Waals surface area contributed by atoms with Gasteiger partial charge in [0, 0.05) is 0 Å². The lowest BCUT2D eigenvalue weighted by Gasteiger charge is -2.08. The molecule has 0 aromatic carbocycles. The molecule has 0 saturated heterocycles. The van der Waals surface area contributed by atoms with Gasteiger partial charge in [0.15, 0.2) is 11.5 Å². The normalized spacial score (nSPS) is 10.6. The summed E-state index contributed by atoms with van der Waals surface area (Å²) in [5.74, 6) is -2.53. The number of anilines is 1. The standard InChI is InChI=1S/C9H9F3N2O2/c1-2-16-9(15)7-6(10)5(8(11)12)4(13)3-14-7/h3,8H,2,13H2,1H3. The highest BCUT2D eigenvalue weighted by atomic mass is 19.3. The average molecular weight is 234 g/mol. The quantitative estimate of drug-likeness (QED) is 0.811. The van der Waals surface area contributed by atoms with E-state index in [4.69, 9.17) is 5.73 Å². The summed E-state index contributed by atoms with van der Waals surface area (Å²) in [6, 6.07) is 0. The molecular weight excluding hydrogens is 225 g/mol. The van der Waals surface area contributed by atoms with Crippen LogP contribution in [0.25, 0.3) is 0 Å². The average Bonchev–Trinajstić information content (AvgIpc) is 2.17. The number of pyridine rings is 1. The maximum Gasteiger partial charge on any atom is 0.360 e. The number of hydrogen-bond acceptors (Lipinski definition) is 4. The van der Waals surface area contributed by atoms with Crippen molar-refractivity contribution in [3.8, 4) is 0 Å². The minimum absolute atomic E-state index is 0.00561. The van der Waals surface area contributed by atoms with Crippen molar-refractivity contribution in [3.63, 3.8) is 0 Å². The van der Waals surface area contributed by atoms with Crippen LogP contribution < -0.4 is 5.73 Å². The lowest BCUT2D eigenvalue weighted by molar-refractivity contribution is 0.0512. The third kappa shape index (κ3) is 2.23. The van der Waals surface area contributed by atoms with E-state index in [-0.39, 0.29) is 6.61 Å². The Kier molecular flexibility index (Phi) is 3.70. The van der Waals surface area contributed by atoms with Crippen LogP contribution in [0.4, 0.5) is 18.9 Å². The van der Waals surface area contributed by atoms with Gasteiger partial charge in [-0.3, -0.25) is 0 Å². The maximum absolute atomic E-state index is 13.4. The molecule has 88 valence electrons. The fraction of sp³-hybridized carbons (Fsp3) is 0.333. The Labute approximate surface area is 89.2 Å². The zero-order chi connectivity index (χ0) is 12.3. The second-order valence-electron chi connectivity index (χ2n) is 2.81. The molecule has 7 heteroatoms. The zero-order valence-corrected chi connectivity index (χ0v) is 8.34. The molecular formula is C9H9F3N2O2. The molecule has 1 aromatic heterocycles. The van der Waals surface area contributed by atoms with E-state index in [1.54, 1.807) is 0 Å². The van der Waals surface area contributed by atoms with Crippen LogP contribution in [0.2, 0.25) is 0 Å². The first-order valence-electron chi connectivity index (χ1n) is 4.38. The molecule has 1 aromatic rings. The molecule has 4 nitrogen and oxygen atoms in total. The lowest BCUT2D eigenvalue weighted by Crippen LogP contribution is -2.13. The number of nitrogens with two attached hydrogens (primary N) is 1. The van der Waals surface area contributed by atoms with Crippen molar-refractivity contribution in [1.29, 1.82) is 0 Å². The van der Waals surface area contributed by atoms with Gasteiger partial charge in [-0.15, -0.1) is 0 Å². The molecule has 1 heterocycles. The largest absolute Gasteiger partial charge is 0.461 e. The first-order chi connectivity index (χ1) is 7.49. The molecule has 16 heavy (non-hydrogen) atoms. The van der Waals surface area contributed by atoms with Crippen molar-refractivity contribution >= 4 is 11.7 Å². The number of nitrogen functional groups attached to an aromatic ring is 1. The van der Waals surface area contributed by atoms with Crippen LogP contribution in [-0.2, 0) is 4.74 Å². The number of nitrogens with zero attached hydrogens (tertiary/aromatic N) is 1. The van der Waals surface area contributed by atoms with Gasteiger partial charge in [0.25, 0.3) is 6.43 Å². The minimum Gasteiger partial charge on any atom is -0.461 e. The topological polar surface area (TPSA) is 65.2 Å². The first-order valence-corrected chi connectivity index (χ1v) is 4.38. The molecule has 0 bridgehead atoms. The zero-order valence-electron chi connectivity index (χ0n) is 8.34. The molecule has 0 unspecified atom stereocenters. The van der Waals surface area contributed by atoms with Crippen LogP contribution in [0, 0.1) is 5.82 Å². The number of carbonyl (C=O) groups is 1. The molecule has 1 rings (SSSR count). The van der Waals surface area contributed by atoms with Crippen molar-refractivity contribution in [2.75, 3.05) is 12.3 Å². The Balaban J connectivity index is 3.23. The van der Waals surface area contributed by atoms with E-state index in [9.17, 15) is 18.0 Å². The van der Waals surface area contributed by atoms with Crippen LogP contribution >= 0.6 is 0 Å². The molecule has 0 atom stereocenters. The summed E-state index contributed by atoms with van der Waals surface area (Å²) >= 11 is 0. The predicted molar refractivity (Wildman–Crippen MR) is 49.5 cm³/mol. The number of halogens is 3. The Morgan fingerprint density at radius 3 is 2.75 bits per heavy atom. The van der Waals surface area contributed by atoms with Crippen molar-refractivity contribution in [2.45, 2.75) is 13.3 Å². The SMILES string of the molecule is CCOC(=O)c1ncc(N)c(C(F)F)c1F. The summed E-state index contributed by atoms with van der Waals surface area (Å²) in [6.07, 6.45) is -2.31. The van der Waals surface area contributed by atoms with E-state index >= 15 is 0 Å². The van der Waals surface area contributed by atoms with Crippen molar-refractivity contribution in [1.82, 2.24) is 4.98 Å². The third-order valence-corrected chi connectivity index (χ3v) is 1.78. The highest BCUT2D eigenvalue weighted by molar-refractivity contribution is 5.88. The fourth-order valence-corrected chi connectivity index (χ4v) is 1.08. The van der Waals surface area contributed by atoms with Crippen LogP contribution in [0.15, 0.2) is 6.20 Å². The minimum atomic E-state index is -3.11. The highest BCUT2D eigenvalue weighted by Gasteiger charge is 2.25. The van der Waals surface area contributed by atoms with Crippen molar-refractivity contribution in [3.05, 3.63) is 23.3 Å². The van der Waals surface area contributed by atoms with Gasteiger partial charge >= 0.3 is 5.97 Å². The summed E-state index contributed by atoms with van der Waals surface area (Å²) in [6.45, 7) is 1.50. The summed E-state index contributed by atoms with van der Waals surface area (Å²) in [4.78, 5) is 14.5. The molecule has 0 radical (unpaired) electrons. The van der Waals surface area contributed by atoms with Crippen LogP contribution in [0.5, 0.6) is 0 Å². The van der Waals surface area contributed by atoms with Gasteiger partial charge in [0.2, 0.25) is 0 Å². The molecule has 0 saturated carbocycles. The van der Waals surface area contributed by atoms with E-state index in [0.717, 1.165) is 6.20 Å². The number of hydrogen-bond donors (Lipinski definition) is 1. The monoisotopic (exact) mass is 234 g/mol. The van der Waals surface area contributed by atoms with Crippen LogP contribution in [0.3, 0.4) is 0 Å². The Bertz CT molecular complexity index is 410. The van der Waals surface area contributed by atoms with Gasteiger partial charge in [0.05, 0.1) is 24.1 Å². The van der Waals surface area contributed by atoms with E-state index in [1.165, 1.54) is 6.92 Å². The van der Waals surface area contributed by atoms with Crippen LogP contribution in [-0.4, -0.2) is 17.6 Å². The predicted octanol–water partition coefficient (Wildman–Crippen LogP) is 1.92. The smallest absolute Gasteiger partial charge is 0.360 e. The van der Waals surface area contributed by atoms with E-state index in [1.807, 2.05) is 0 Å². The molecule has 0 aliphatic carbocycles. The molecule has 0 spiro atoms. The second kappa shape index (κ2) is 4.82. The number of esters is 1. The highest BCUT2D eigenvalue weighted by Crippen LogP contribution is 2.28. The number of aromatic nitrogens is 1. The molecule has 0 aliphatic rings. The van der Waals surface area contributed by atoms with E-state index in [0.29, 0.717) is 0 Å². The van der Waals surface area contributed by atoms with Gasteiger partial charge in [-0.25, -0.2) is 22.9 Å². The van der Waals surface area contributed by atoms with E-state index in [2.05, 4.69) is 9.72 Å². The van der Waals surface area contributed by atoms with E-state index < -0.39 is 35.2 Å². The number of carbonyl (C=O) groups excluding carboxylic acids is 1. The lowest BCUT2D eigenvalue weighted by atomic mass is 10.2. The van der Waals surface area contributed by atoms with Crippen molar-refractivity contribution < 1.29 is 22.7 Å². The van der Waals surface area contributed by atoms with Gasteiger partial charge in [0.1, 0.15) is 0 Å². The summed E-state index contributed by atoms with van der Waals surface area (Å²) < 4.78 is 42.7. The summed E-state index contributed by atoms with van der Waals surface area (Å²) in [5.41, 5.74) is 2.82. The molecule has 0 fully saturated rings. The molecule has 0 aliphatic heterocycles. The van der Waals surface area contributed by atoms with Gasteiger partial charge in [-0.1, -0.05) is 0 Å². The first kappa shape index (κ1) is 12.3. The number of alkyl halides is 2. The second-order valence-corrected chi connectivity index (χ2v) is 2.81. The Morgan fingerprint density at radius 1 is 1.62 bits per heavy atom. The summed E-state index contributed by atoms with van der Waals surface area (Å²) in [5, 5.41) is 0. The van der Waals surface area contributed by atoms with Gasteiger partial charge in [-0.05, 0) is 6.92 Å². The summed E-state index contributed by atoms with van der Waals surface area (Å²) in [7, 11) is 0. The number of rotatable bonds is 3. The van der Waals surface area contributed by atoms with Gasteiger partial charge < -0.3 is 10.5 Å².